The second-order valence-corrected chi connectivity index (χ2v) is 8.15. The molecule has 0 spiro atoms. The fraction of sp³-hybridized carbons (Fsp3) is 0.263. The molecular weight excluding hydrogens is 354 g/mol. The molecule has 2 N–H and O–H groups in total. The number of aromatic nitrogens is 1. The maximum Gasteiger partial charge on any atom is 0.268 e. The maximum atomic E-state index is 13.3. The molecule has 136 valence electrons. The molecule has 1 aromatic heterocycles. The van der Waals surface area contributed by atoms with Gasteiger partial charge in [0.25, 0.3) is 10.0 Å². The SMILES string of the molecule is O=S(=O)(c1ccccc1)n1c([C@H]2C[C@H](O)[C@@H](CO)O2)cc2ccccc21. The van der Waals surface area contributed by atoms with Gasteiger partial charge in [0.2, 0.25) is 0 Å². The Balaban J connectivity index is 1.91. The van der Waals surface area contributed by atoms with E-state index in [1.807, 2.05) is 12.1 Å². The van der Waals surface area contributed by atoms with E-state index >= 15 is 0 Å². The van der Waals surface area contributed by atoms with E-state index in [-0.39, 0.29) is 17.9 Å². The van der Waals surface area contributed by atoms with Crippen LogP contribution < -0.4 is 0 Å². The maximum absolute atomic E-state index is 13.3. The van der Waals surface area contributed by atoms with E-state index in [1.165, 1.54) is 3.97 Å². The molecule has 1 fully saturated rings. The second-order valence-electron chi connectivity index (χ2n) is 6.36. The van der Waals surface area contributed by atoms with E-state index in [0.717, 1.165) is 5.39 Å². The van der Waals surface area contributed by atoms with Gasteiger partial charge in [0.15, 0.2) is 0 Å². The van der Waals surface area contributed by atoms with Crippen molar-refractivity contribution in [2.75, 3.05) is 6.61 Å². The Hall–Kier alpha value is -2.19. The van der Waals surface area contributed by atoms with E-state index < -0.39 is 28.3 Å². The van der Waals surface area contributed by atoms with Crippen LogP contribution in [0.25, 0.3) is 10.9 Å². The Morgan fingerprint density at radius 2 is 1.77 bits per heavy atom. The lowest BCUT2D eigenvalue weighted by atomic mass is 10.1. The van der Waals surface area contributed by atoms with Crippen molar-refractivity contribution >= 4 is 20.9 Å². The molecule has 0 unspecified atom stereocenters. The summed E-state index contributed by atoms with van der Waals surface area (Å²) >= 11 is 0. The van der Waals surface area contributed by atoms with Crippen LogP contribution in [0.5, 0.6) is 0 Å². The normalized spacial score (nSPS) is 23.5. The van der Waals surface area contributed by atoms with Crippen LogP contribution >= 0.6 is 0 Å². The van der Waals surface area contributed by atoms with Crippen LogP contribution in [-0.4, -0.2) is 41.4 Å². The number of hydrogen-bond acceptors (Lipinski definition) is 5. The van der Waals surface area contributed by atoms with E-state index in [9.17, 15) is 18.6 Å². The number of nitrogens with zero attached hydrogens (tertiary/aromatic N) is 1. The monoisotopic (exact) mass is 373 g/mol. The topological polar surface area (TPSA) is 88.8 Å². The average molecular weight is 373 g/mol. The third-order valence-electron chi connectivity index (χ3n) is 4.71. The Labute approximate surface area is 151 Å². The summed E-state index contributed by atoms with van der Waals surface area (Å²) in [4.78, 5) is 0.180. The van der Waals surface area contributed by atoms with Crippen molar-refractivity contribution < 1.29 is 23.4 Å². The van der Waals surface area contributed by atoms with Gasteiger partial charge in [0, 0.05) is 11.8 Å². The number of aliphatic hydroxyl groups is 2. The zero-order valence-corrected chi connectivity index (χ0v) is 14.7. The molecule has 1 saturated heterocycles. The molecule has 2 aromatic carbocycles. The van der Waals surface area contributed by atoms with Crippen LogP contribution in [0.2, 0.25) is 0 Å². The predicted molar refractivity (Wildman–Crippen MR) is 96.3 cm³/mol. The lowest BCUT2D eigenvalue weighted by Gasteiger charge is -2.16. The smallest absolute Gasteiger partial charge is 0.268 e. The van der Waals surface area contributed by atoms with Crippen molar-refractivity contribution in [1.82, 2.24) is 3.97 Å². The highest BCUT2D eigenvalue weighted by atomic mass is 32.2. The third kappa shape index (κ3) is 2.73. The molecule has 3 atom stereocenters. The summed E-state index contributed by atoms with van der Waals surface area (Å²) in [5, 5.41) is 20.2. The van der Waals surface area contributed by atoms with Gasteiger partial charge < -0.3 is 14.9 Å². The van der Waals surface area contributed by atoms with E-state index in [0.29, 0.717) is 11.2 Å². The van der Waals surface area contributed by atoms with E-state index in [1.54, 1.807) is 48.5 Å². The van der Waals surface area contributed by atoms with Gasteiger partial charge in [0.05, 0.1) is 28.8 Å². The Morgan fingerprint density at radius 3 is 2.46 bits per heavy atom. The van der Waals surface area contributed by atoms with E-state index in [2.05, 4.69) is 0 Å². The van der Waals surface area contributed by atoms with Crippen molar-refractivity contribution in [3.8, 4) is 0 Å². The predicted octanol–water partition coefficient (Wildman–Crippen LogP) is 2.06. The van der Waals surface area contributed by atoms with Crippen molar-refractivity contribution in [3.63, 3.8) is 0 Å². The summed E-state index contributed by atoms with van der Waals surface area (Å²) in [5.41, 5.74) is 1.00. The molecule has 1 aliphatic heterocycles. The van der Waals surface area contributed by atoms with Crippen LogP contribution in [0.1, 0.15) is 18.2 Å². The Morgan fingerprint density at radius 1 is 1.08 bits per heavy atom. The first kappa shape index (κ1) is 17.2. The second kappa shape index (κ2) is 6.51. The summed E-state index contributed by atoms with van der Waals surface area (Å²) in [6.07, 6.45) is -1.94. The van der Waals surface area contributed by atoms with Gasteiger partial charge in [-0.25, -0.2) is 12.4 Å². The summed E-state index contributed by atoms with van der Waals surface area (Å²) < 4.78 is 33.6. The summed E-state index contributed by atoms with van der Waals surface area (Å²) in [6, 6.07) is 17.2. The van der Waals surface area contributed by atoms with Gasteiger partial charge in [-0.1, -0.05) is 36.4 Å². The van der Waals surface area contributed by atoms with Crippen molar-refractivity contribution in [3.05, 3.63) is 66.4 Å². The highest BCUT2D eigenvalue weighted by Gasteiger charge is 2.38. The highest BCUT2D eigenvalue weighted by Crippen LogP contribution is 2.37. The minimum absolute atomic E-state index is 0.180. The number of rotatable bonds is 4. The lowest BCUT2D eigenvalue weighted by Crippen LogP contribution is -2.24. The van der Waals surface area contributed by atoms with Crippen LogP contribution in [-0.2, 0) is 14.8 Å². The molecule has 0 saturated carbocycles. The van der Waals surface area contributed by atoms with Gasteiger partial charge in [-0.3, -0.25) is 0 Å². The molecule has 6 nitrogen and oxygen atoms in total. The molecule has 0 radical (unpaired) electrons. The van der Waals surface area contributed by atoms with Crippen molar-refractivity contribution in [2.45, 2.75) is 29.6 Å². The summed E-state index contributed by atoms with van der Waals surface area (Å²) in [6.45, 7) is -0.316. The van der Waals surface area contributed by atoms with Gasteiger partial charge in [-0.2, -0.15) is 0 Å². The largest absolute Gasteiger partial charge is 0.394 e. The lowest BCUT2D eigenvalue weighted by molar-refractivity contribution is -0.0236. The fourth-order valence-corrected chi connectivity index (χ4v) is 5.01. The molecule has 4 rings (SSSR count). The molecule has 1 aliphatic rings. The van der Waals surface area contributed by atoms with Gasteiger partial charge in [-0.05, 0) is 24.3 Å². The summed E-state index contributed by atoms with van der Waals surface area (Å²) in [7, 11) is -3.84. The minimum atomic E-state index is -3.84. The quantitative estimate of drug-likeness (QED) is 0.731. The first-order valence-electron chi connectivity index (χ1n) is 8.38. The van der Waals surface area contributed by atoms with Crippen LogP contribution in [0.3, 0.4) is 0 Å². The number of ether oxygens (including phenoxy) is 1. The number of hydrogen-bond donors (Lipinski definition) is 2. The first-order valence-corrected chi connectivity index (χ1v) is 9.82. The molecule has 0 amide bonds. The third-order valence-corrected chi connectivity index (χ3v) is 6.46. The Kier molecular flexibility index (Phi) is 4.32. The van der Waals surface area contributed by atoms with Crippen molar-refractivity contribution in [1.29, 1.82) is 0 Å². The number of aliphatic hydroxyl groups excluding tert-OH is 2. The van der Waals surface area contributed by atoms with Gasteiger partial charge >= 0.3 is 0 Å². The number of fused-ring (bicyclic) bond motifs is 1. The molecule has 0 bridgehead atoms. The Bertz CT molecular complexity index is 1030. The highest BCUT2D eigenvalue weighted by molar-refractivity contribution is 7.90. The standard InChI is InChI=1S/C19H19NO5S/c21-12-19-17(22)11-18(25-19)16-10-13-6-4-5-9-15(13)20(16)26(23,24)14-7-2-1-3-8-14/h1-10,17-19,21-22H,11-12H2/t17-,18+,19+/m0/s1. The molecule has 2 heterocycles. The minimum Gasteiger partial charge on any atom is -0.394 e. The van der Waals surface area contributed by atoms with Crippen LogP contribution in [0, 0.1) is 0 Å². The molecule has 0 aliphatic carbocycles. The first-order chi connectivity index (χ1) is 12.5. The number of para-hydroxylation sites is 1. The summed E-state index contributed by atoms with van der Waals surface area (Å²) in [5.74, 6) is 0. The van der Waals surface area contributed by atoms with Crippen molar-refractivity contribution in [2.24, 2.45) is 0 Å². The van der Waals surface area contributed by atoms with E-state index in [4.69, 9.17) is 4.74 Å². The zero-order chi connectivity index (χ0) is 18.3. The fourth-order valence-electron chi connectivity index (χ4n) is 3.42. The number of benzene rings is 2. The van der Waals surface area contributed by atoms with Crippen LogP contribution in [0.4, 0.5) is 0 Å². The average Bonchev–Trinajstić information content (AvgIpc) is 3.23. The van der Waals surface area contributed by atoms with Gasteiger partial charge in [-0.15, -0.1) is 0 Å². The molecule has 3 aromatic rings. The molecule has 26 heavy (non-hydrogen) atoms. The molecular formula is C19H19NO5S. The van der Waals surface area contributed by atoms with Crippen LogP contribution in [0.15, 0.2) is 65.6 Å². The zero-order valence-electron chi connectivity index (χ0n) is 13.9. The van der Waals surface area contributed by atoms with Gasteiger partial charge in [0.1, 0.15) is 12.2 Å². The molecule has 7 heteroatoms.